The van der Waals surface area contributed by atoms with Gasteiger partial charge in [-0.15, -0.1) is 0 Å². The molecule has 2 fully saturated rings. The molecule has 6 nitrogen and oxygen atoms in total. The summed E-state index contributed by atoms with van der Waals surface area (Å²) in [4.78, 5) is 14.7. The molecule has 1 N–H and O–H groups in total. The third kappa shape index (κ3) is 4.45. The van der Waals surface area contributed by atoms with Crippen LogP contribution in [0.3, 0.4) is 0 Å². The number of hydrogen-bond donors (Lipinski definition) is 1. The van der Waals surface area contributed by atoms with E-state index in [-0.39, 0.29) is 17.6 Å². The lowest BCUT2D eigenvalue weighted by Gasteiger charge is -2.39. The van der Waals surface area contributed by atoms with Gasteiger partial charge in [-0.05, 0) is 44.2 Å². The molecule has 1 unspecified atom stereocenters. The number of amides is 1. The number of benzene rings is 1. The minimum Gasteiger partial charge on any atom is -0.370 e. The van der Waals surface area contributed by atoms with Gasteiger partial charge >= 0.3 is 0 Å². The summed E-state index contributed by atoms with van der Waals surface area (Å²) in [5.74, 6) is -0.127. The number of carbonyl (C=O) groups is 1. The lowest BCUT2D eigenvalue weighted by molar-refractivity contribution is -0.0764. The van der Waals surface area contributed by atoms with E-state index in [1.807, 2.05) is 7.05 Å². The number of aromatic nitrogens is 2. The summed E-state index contributed by atoms with van der Waals surface area (Å²) in [6.45, 7) is 5.84. The average Bonchev–Trinajstić information content (AvgIpc) is 3.30. The Morgan fingerprint density at radius 2 is 1.96 bits per heavy atom. The Morgan fingerprint density at radius 1 is 1.21 bits per heavy atom. The molecule has 0 radical (unpaired) electrons. The fourth-order valence-corrected chi connectivity index (χ4v) is 4.31. The van der Waals surface area contributed by atoms with Gasteiger partial charge in [-0.1, -0.05) is 29.8 Å². The van der Waals surface area contributed by atoms with Crippen molar-refractivity contribution in [2.75, 3.05) is 19.6 Å². The highest BCUT2D eigenvalue weighted by Crippen LogP contribution is 2.39. The first kappa shape index (κ1) is 19.2. The number of likely N-dealkylation sites (tertiary alicyclic amines) is 1. The van der Waals surface area contributed by atoms with Crippen molar-refractivity contribution >= 4 is 5.91 Å². The quantitative estimate of drug-likeness (QED) is 0.864. The maximum atomic E-state index is 12.2. The lowest BCUT2D eigenvalue weighted by Crippen LogP contribution is -2.44. The third-order valence-electron chi connectivity index (χ3n) is 6.07. The van der Waals surface area contributed by atoms with Crippen molar-refractivity contribution in [3.05, 3.63) is 53.3 Å². The predicted molar refractivity (Wildman–Crippen MR) is 108 cm³/mol. The van der Waals surface area contributed by atoms with Crippen LogP contribution in [0.1, 0.15) is 47.3 Å². The highest BCUT2D eigenvalue weighted by atomic mass is 16.5. The highest BCUT2D eigenvalue weighted by molar-refractivity contribution is 5.92. The SMILES string of the molecule is Cc1ccc(CN2CCC3(CCC(CNC(=O)c4ccn(C)n4)O3)CC2)cc1. The first-order valence-corrected chi connectivity index (χ1v) is 10.2. The lowest BCUT2D eigenvalue weighted by atomic mass is 9.88. The molecule has 3 heterocycles. The van der Waals surface area contributed by atoms with Crippen molar-refractivity contribution in [3.63, 3.8) is 0 Å². The molecule has 2 saturated heterocycles. The molecule has 2 aliphatic heterocycles. The first-order valence-electron chi connectivity index (χ1n) is 10.2. The van der Waals surface area contributed by atoms with Crippen LogP contribution in [0.5, 0.6) is 0 Å². The summed E-state index contributed by atoms with van der Waals surface area (Å²) in [6.07, 6.45) is 6.14. The summed E-state index contributed by atoms with van der Waals surface area (Å²) in [5.41, 5.74) is 3.15. The largest absolute Gasteiger partial charge is 0.370 e. The smallest absolute Gasteiger partial charge is 0.271 e. The minimum atomic E-state index is -0.127. The van der Waals surface area contributed by atoms with Crippen molar-refractivity contribution in [3.8, 4) is 0 Å². The fourth-order valence-electron chi connectivity index (χ4n) is 4.31. The number of carbonyl (C=O) groups excluding carboxylic acids is 1. The maximum absolute atomic E-state index is 12.2. The number of rotatable bonds is 5. The number of nitrogens with zero attached hydrogens (tertiary/aromatic N) is 3. The van der Waals surface area contributed by atoms with Crippen molar-refractivity contribution in [1.82, 2.24) is 20.0 Å². The summed E-state index contributed by atoms with van der Waals surface area (Å²) in [6, 6.07) is 10.6. The van der Waals surface area contributed by atoms with Gasteiger partial charge in [-0.3, -0.25) is 14.4 Å². The van der Waals surface area contributed by atoms with Gasteiger partial charge in [-0.25, -0.2) is 0 Å². The second kappa shape index (κ2) is 8.05. The van der Waals surface area contributed by atoms with E-state index in [4.69, 9.17) is 4.74 Å². The van der Waals surface area contributed by atoms with Gasteiger partial charge in [0.2, 0.25) is 0 Å². The summed E-state index contributed by atoms with van der Waals surface area (Å²) in [7, 11) is 1.81. The van der Waals surface area contributed by atoms with Gasteiger partial charge in [0.25, 0.3) is 5.91 Å². The van der Waals surface area contributed by atoms with Crippen molar-refractivity contribution in [2.24, 2.45) is 7.05 Å². The van der Waals surface area contributed by atoms with E-state index < -0.39 is 0 Å². The van der Waals surface area contributed by atoms with Crippen LogP contribution in [0.15, 0.2) is 36.5 Å². The number of aryl methyl sites for hydroxylation is 2. The van der Waals surface area contributed by atoms with Crippen LogP contribution < -0.4 is 5.32 Å². The molecule has 1 aromatic carbocycles. The molecule has 1 aromatic heterocycles. The zero-order chi connectivity index (χ0) is 19.6. The van der Waals surface area contributed by atoms with Crippen LogP contribution in [-0.2, 0) is 18.3 Å². The average molecular weight is 383 g/mol. The van der Waals surface area contributed by atoms with Gasteiger partial charge < -0.3 is 10.1 Å². The Bertz CT molecular complexity index is 806. The molecule has 2 aromatic rings. The normalized spacial score (nSPS) is 21.9. The van der Waals surface area contributed by atoms with Crippen LogP contribution in [0.2, 0.25) is 0 Å². The molecular formula is C22H30N4O2. The Morgan fingerprint density at radius 3 is 2.64 bits per heavy atom. The van der Waals surface area contributed by atoms with Gasteiger partial charge in [0.15, 0.2) is 0 Å². The van der Waals surface area contributed by atoms with E-state index in [9.17, 15) is 4.79 Å². The van der Waals surface area contributed by atoms with Crippen LogP contribution >= 0.6 is 0 Å². The molecule has 2 aliphatic rings. The van der Waals surface area contributed by atoms with Gasteiger partial charge in [0.05, 0.1) is 11.7 Å². The molecule has 1 amide bonds. The zero-order valence-corrected chi connectivity index (χ0v) is 16.9. The Balaban J connectivity index is 1.23. The second-order valence-electron chi connectivity index (χ2n) is 8.31. The summed E-state index contributed by atoms with van der Waals surface area (Å²) in [5, 5.41) is 7.12. The maximum Gasteiger partial charge on any atom is 0.271 e. The Hall–Kier alpha value is -2.18. The molecule has 150 valence electrons. The summed E-state index contributed by atoms with van der Waals surface area (Å²) >= 11 is 0. The first-order chi connectivity index (χ1) is 13.5. The van der Waals surface area contributed by atoms with E-state index >= 15 is 0 Å². The molecule has 1 spiro atoms. The molecular weight excluding hydrogens is 352 g/mol. The van der Waals surface area contributed by atoms with Gasteiger partial charge in [-0.2, -0.15) is 5.10 Å². The highest BCUT2D eigenvalue weighted by Gasteiger charge is 2.42. The molecule has 4 rings (SSSR count). The Kier molecular flexibility index (Phi) is 5.51. The van der Waals surface area contributed by atoms with Gasteiger partial charge in [0.1, 0.15) is 5.69 Å². The number of piperidine rings is 1. The number of nitrogens with one attached hydrogen (secondary N) is 1. The summed E-state index contributed by atoms with van der Waals surface area (Å²) < 4.78 is 8.07. The van der Waals surface area contributed by atoms with Crippen LogP contribution in [0, 0.1) is 6.92 Å². The van der Waals surface area contributed by atoms with E-state index in [0.717, 1.165) is 45.3 Å². The number of ether oxygens (including phenoxy) is 1. The van der Waals surface area contributed by atoms with Crippen molar-refractivity contribution < 1.29 is 9.53 Å². The molecule has 0 bridgehead atoms. The molecule has 28 heavy (non-hydrogen) atoms. The molecule has 6 heteroatoms. The van der Waals surface area contributed by atoms with E-state index in [2.05, 4.69) is 46.5 Å². The van der Waals surface area contributed by atoms with Crippen molar-refractivity contribution in [2.45, 2.75) is 50.9 Å². The minimum absolute atomic E-state index is 0.00413. The fraction of sp³-hybridized carbons (Fsp3) is 0.545. The molecule has 0 aliphatic carbocycles. The van der Waals surface area contributed by atoms with E-state index in [0.29, 0.717) is 12.2 Å². The monoisotopic (exact) mass is 382 g/mol. The van der Waals surface area contributed by atoms with Crippen LogP contribution in [0.4, 0.5) is 0 Å². The van der Waals surface area contributed by atoms with Crippen LogP contribution in [0.25, 0.3) is 0 Å². The zero-order valence-electron chi connectivity index (χ0n) is 16.9. The number of hydrogen-bond acceptors (Lipinski definition) is 4. The molecule has 1 atom stereocenters. The van der Waals surface area contributed by atoms with E-state index in [1.165, 1.54) is 11.1 Å². The van der Waals surface area contributed by atoms with Crippen LogP contribution in [-0.4, -0.2) is 51.9 Å². The predicted octanol–water partition coefficient (Wildman–Crippen LogP) is 2.67. The van der Waals surface area contributed by atoms with E-state index in [1.54, 1.807) is 16.9 Å². The van der Waals surface area contributed by atoms with Gasteiger partial charge in [0, 0.05) is 39.4 Å². The topological polar surface area (TPSA) is 59.4 Å². The second-order valence-corrected chi connectivity index (χ2v) is 8.31. The van der Waals surface area contributed by atoms with Crippen molar-refractivity contribution in [1.29, 1.82) is 0 Å². The Labute approximate surface area is 166 Å². The standard InChI is InChI=1S/C22H30N4O2/c1-17-3-5-18(6-4-17)16-26-13-10-22(11-14-26)9-7-19(28-22)15-23-21(27)20-8-12-25(2)24-20/h3-6,8,12,19H,7,9-11,13-16H2,1-2H3,(H,23,27). The molecule has 0 saturated carbocycles. The third-order valence-corrected chi connectivity index (χ3v) is 6.07.